The molecular formula is C42H53NO2Si2. The summed E-state index contributed by atoms with van der Waals surface area (Å²) in [5, 5.41) is 13.0. The summed E-state index contributed by atoms with van der Waals surface area (Å²) in [6.07, 6.45) is 11.6. The van der Waals surface area contributed by atoms with Crippen molar-refractivity contribution in [2.24, 2.45) is 17.3 Å². The first-order valence-corrected chi connectivity index (χ1v) is 22.4. The fraction of sp³-hybridized carbons (Fsp3) is 0.500. The van der Waals surface area contributed by atoms with Crippen LogP contribution in [0.1, 0.15) is 80.1 Å². The summed E-state index contributed by atoms with van der Waals surface area (Å²) in [5.74, 6) is 14.4. The highest BCUT2D eigenvalue weighted by Gasteiger charge is 2.60. The molecule has 3 aliphatic rings. The Labute approximate surface area is 287 Å². The van der Waals surface area contributed by atoms with Crippen LogP contribution in [0.2, 0.25) is 23.2 Å². The number of hydrogen-bond acceptors (Lipinski definition) is 3. The van der Waals surface area contributed by atoms with Gasteiger partial charge in [0.05, 0.1) is 6.07 Å². The third-order valence-corrected chi connectivity index (χ3v) is 21.3. The Hall–Kier alpha value is -3.12. The second-order valence-corrected chi connectivity index (χ2v) is 23.8. The first-order chi connectivity index (χ1) is 22.7. The molecule has 2 aromatic carbocycles. The summed E-state index contributed by atoms with van der Waals surface area (Å²) < 4.78 is 15.2. The molecule has 2 aromatic rings. The largest absolute Gasteiger partial charge is 0.407 e. The molecule has 0 heterocycles. The first-order valence-electron chi connectivity index (χ1n) is 17.9. The van der Waals surface area contributed by atoms with Gasteiger partial charge in [-0.3, -0.25) is 0 Å². The molecule has 1 spiro atoms. The maximum atomic E-state index is 10.5. The van der Waals surface area contributed by atoms with E-state index in [9.17, 15) is 5.26 Å². The number of fused-ring (bicyclic) bond motifs is 1. The third-order valence-electron chi connectivity index (χ3n) is 11.7. The normalized spacial score (nSPS) is 27.3. The Morgan fingerprint density at radius 1 is 0.872 bits per heavy atom. The first kappa shape index (κ1) is 35.2. The van der Waals surface area contributed by atoms with Gasteiger partial charge in [0.15, 0.2) is 8.32 Å². The lowest BCUT2D eigenvalue weighted by molar-refractivity contribution is -0.0181. The monoisotopic (exact) mass is 659 g/mol. The maximum absolute atomic E-state index is 10.5. The van der Waals surface area contributed by atoms with Crippen molar-refractivity contribution >= 4 is 27.0 Å². The average molecular weight is 660 g/mol. The van der Waals surface area contributed by atoms with Crippen LogP contribution < -0.4 is 10.4 Å². The number of rotatable bonds is 10. The van der Waals surface area contributed by atoms with Gasteiger partial charge in [0.1, 0.15) is 5.60 Å². The van der Waals surface area contributed by atoms with Crippen molar-refractivity contribution in [3.63, 3.8) is 0 Å². The van der Waals surface area contributed by atoms with E-state index in [0.29, 0.717) is 6.61 Å². The molecule has 0 radical (unpaired) electrons. The van der Waals surface area contributed by atoms with Crippen molar-refractivity contribution in [1.82, 2.24) is 0 Å². The number of hydrogen-bond donors (Lipinski definition) is 0. The van der Waals surface area contributed by atoms with Gasteiger partial charge in [-0.15, -0.1) is 0 Å². The van der Waals surface area contributed by atoms with Gasteiger partial charge in [-0.2, -0.15) is 5.26 Å². The zero-order valence-corrected chi connectivity index (χ0v) is 31.5. The van der Waals surface area contributed by atoms with E-state index in [2.05, 4.69) is 132 Å². The predicted octanol–water partition coefficient (Wildman–Crippen LogP) is 8.94. The minimum absolute atomic E-state index is 0.109. The van der Waals surface area contributed by atoms with E-state index in [4.69, 9.17) is 8.85 Å². The van der Waals surface area contributed by atoms with Crippen LogP contribution in [0.25, 0.3) is 0 Å². The molecule has 5 rings (SSSR count). The van der Waals surface area contributed by atoms with E-state index in [1.54, 1.807) is 0 Å². The summed E-state index contributed by atoms with van der Waals surface area (Å²) in [4.78, 5) is 0. The van der Waals surface area contributed by atoms with Gasteiger partial charge in [0.2, 0.25) is 0 Å². The van der Waals surface area contributed by atoms with Crippen molar-refractivity contribution in [1.29, 1.82) is 5.26 Å². The van der Waals surface area contributed by atoms with Crippen LogP contribution >= 0.6 is 0 Å². The molecule has 5 heteroatoms. The Morgan fingerprint density at radius 2 is 1.49 bits per heavy atom. The zero-order chi connectivity index (χ0) is 33.6. The van der Waals surface area contributed by atoms with Gasteiger partial charge in [-0.25, -0.2) is 0 Å². The maximum Gasteiger partial charge on any atom is 0.261 e. The second-order valence-electron chi connectivity index (χ2n) is 14.8. The third kappa shape index (κ3) is 6.39. The van der Waals surface area contributed by atoms with Crippen LogP contribution in [0.15, 0.2) is 84.5 Å². The zero-order valence-electron chi connectivity index (χ0n) is 29.5. The Bertz CT molecular complexity index is 1560. The Morgan fingerprint density at radius 3 is 2.06 bits per heavy atom. The van der Waals surface area contributed by atoms with E-state index in [-0.39, 0.29) is 22.3 Å². The molecule has 2 saturated carbocycles. The Balaban J connectivity index is 1.69. The van der Waals surface area contributed by atoms with Gasteiger partial charge in [-0.05, 0) is 89.3 Å². The molecule has 0 aromatic heterocycles. The van der Waals surface area contributed by atoms with E-state index < -0.39 is 22.2 Å². The second kappa shape index (κ2) is 14.6. The van der Waals surface area contributed by atoms with E-state index in [0.717, 1.165) is 62.2 Å². The highest BCUT2D eigenvalue weighted by atomic mass is 28.4. The van der Waals surface area contributed by atoms with Crippen molar-refractivity contribution in [2.75, 3.05) is 6.61 Å². The number of allylic oxidation sites excluding steroid dienone is 3. The fourth-order valence-electron chi connectivity index (χ4n) is 9.15. The highest BCUT2D eigenvalue weighted by Crippen LogP contribution is 2.61. The molecular weight excluding hydrogens is 607 g/mol. The number of nitrogens with zero attached hydrogens (tertiary/aromatic N) is 1. The van der Waals surface area contributed by atoms with E-state index >= 15 is 0 Å². The molecule has 0 saturated heterocycles. The van der Waals surface area contributed by atoms with Crippen molar-refractivity contribution in [2.45, 2.75) is 109 Å². The molecule has 0 amide bonds. The Kier molecular flexibility index (Phi) is 10.9. The molecule has 4 unspecified atom stereocenters. The van der Waals surface area contributed by atoms with E-state index in [1.807, 2.05) is 18.2 Å². The molecule has 246 valence electrons. The minimum atomic E-state index is -2.77. The predicted molar refractivity (Wildman–Crippen MR) is 200 cm³/mol. The summed E-state index contributed by atoms with van der Waals surface area (Å²) >= 11 is 0. The topological polar surface area (TPSA) is 42.2 Å². The van der Waals surface area contributed by atoms with Crippen LogP contribution in [-0.4, -0.2) is 28.8 Å². The minimum Gasteiger partial charge on any atom is -0.407 e. The van der Waals surface area contributed by atoms with Gasteiger partial charge in [0, 0.05) is 24.0 Å². The summed E-state index contributed by atoms with van der Waals surface area (Å²) in [7, 11) is -4.89. The van der Waals surface area contributed by atoms with Crippen molar-refractivity contribution in [3.8, 4) is 29.8 Å². The smallest absolute Gasteiger partial charge is 0.261 e. The summed E-state index contributed by atoms with van der Waals surface area (Å²) in [6, 6.07) is 27.5. The van der Waals surface area contributed by atoms with Gasteiger partial charge >= 0.3 is 0 Å². The fourth-order valence-corrected chi connectivity index (χ4v) is 16.7. The highest BCUT2D eigenvalue weighted by molar-refractivity contribution is 6.99. The van der Waals surface area contributed by atoms with Crippen LogP contribution in [0.5, 0.6) is 0 Å². The summed E-state index contributed by atoms with van der Waals surface area (Å²) in [5.41, 5.74) is -0.0414. The van der Waals surface area contributed by atoms with Crippen LogP contribution in [0.3, 0.4) is 0 Å². The number of nitriles is 1. The lowest BCUT2D eigenvalue weighted by Gasteiger charge is -2.58. The molecule has 0 N–H and O–H groups in total. The lowest BCUT2D eigenvalue weighted by Crippen LogP contribution is -2.67. The molecule has 0 aliphatic heterocycles. The summed E-state index contributed by atoms with van der Waals surface area (Å²) in [6.45, 7) is 14.5. The van der Waals surface area contributed by atoms with Crippen LogP contribution in [0.4, 0.5) is 0 Å². The molecule has 3 aliphatic carbocycles. The number of benzene rings is 2. The van der Waals surface area contributed by atoms with Gasteiger partial charge < -0.3 is 8.85 Å². The van der Waals surface area contributed by atoms with Gasteiger partial charge in [-0.1, -0.05) is 132 Å². The lowest BCUT2D eigenvalue weighted by atomic mass is 9.49. The van der Waals surface area contributed by atoms with E-state index in [1.165, 1.54) is 10.4 Å². The van der Waals surface area contributed by atoms with Crippen LogP contribution in [-0.2, 0) is 8.85 Å². The molecule has 2 fully saturated rings. The molecule has 3 nitrogen and oxygen atoms in total. The molecule has 2 bridgehead atoms. The molecule has 4 atom stereocenters. The standard InChI is InChI=1S/C42H53NO2Si2/c1-7-46(8-2,9-3)45-41-30-19-11-10-14-22-35-23-20-24-36(42(35,32-21-31-41)39(41)29-33-43)34-44-47(40(4,5)6,37-25-15-12-16-26-37)38-27-17-13-18-28-38/h10-13,15-18,25-29,35-36H,7-9,20-21,23-24,31-32,34H2,1-6H3/b11-10-,39-29+. The SMILES string of the molecule is CC[Si](CC)(CC)OC12C#C/C=C\C#CC3CCCC(CO[Si](c4ccccc4)(c4ccccc4)C(C)(C)C)C3(CCC1)/C2=C/C#N. The molecule has 47 heavy (non-hydrogen) atoms. The van der Waals surface area contributed by atoms with Gasteiger partial charge in [0.25, 0.3) is 8.32 Å². The van der Waals surface area contributed by atoms with Crippen LogP contribution in [0, 0.1) is 52.3 Å². The van der Waals surface area contributed by atoms with Crippen molar-refractivity contribution in [3.05, 3.63) is 84.5 Å². The average Bonchev–Trinajstić information content (AvgIpc) is 3.08. The quantitative estimate of drug-likeness (QED) is 0.145. The van der Waals surface area contributed by atoms with Crippen molar-refractivity contribution < 1.29 is 8.85 Å².